The summed E-state index contributed by atoms with van der Waals surface area (Å²) in [5, 5.41) is 9.86. The molecule has 4 rings (SSSR count). The maximum Gasteiger partial charge on any atom is 0.307 e. The van der Waals surface area contributed by atoms with Crippen LogP contribution in [0.15, 0.2) is 60.0 Å². The predicted molar refractivity (Wildman–Crippen MR) is 158 cm³/mol. The highest BCUT2D eigenvalue weighted by Crippen LogP contribution is 2.48. The molecular formula is C31H38ClN3O3S. The van der Waals surface area contributed by atoms with Crippen molar-refractivity contribution in [1.29, 1.82) is 0 Å². The first-order valence-corrected chi connectivity index (χ1v) is 14.8. The van der Waals surface area contributed by atoms with E-state index < -0.39 is 17.0 Å². The Morgan fingerprint density at radius 1 is 1.15 bits per heavy atom. The molecule has 1 saturated heterocycles. The van der Waals surface area contributed by atoms with E-state index in [-0.39, 0.29) is 30.3 Å². The van der Waals surface area contributed by atoms with Gasteiger partial charge in [0, 0.05) is 40.5 Å². The molecule has 3 atom stereocenters. The molecule has 0 spiro atoms. The number of carbonyl (C=O) groups excluding carboxylic acids is 2. The van der Waals surface area contributed by atoms with Gasteiger partial charge in [0.15, 0.2) is 0 Å². The smallest absolute Gasteiger partial charge is 0.307 e. The van der Waals surface area contributed by atoms with Gasteiger partial charge in [0.2, 0.25) is 5.91 Å². The Morgan fingerprint density at radius 3 is 2.51 bits per heavy atom. The lowest BCUT2D eigenvalue weighted by Crippen LogP contribution is -2.55. The molecule has 0 bridgehead atoms. The lowest BCUT2D eigenvalue weighted by Gasteiger charge is -2.41. The second-order valence-corrected chi connectivity index (χ2v) is 12.8. The van der Waals surface area contributed by atoms with E-state index in [0.717, 1.165) is 17.5 Å². The van der Waals surface area contributed by atoms with E-state index >= 15 is 0 Å². The average molecular weight is 568 g/mol. The van der Waals surface area contributed by atoms with Gasteiger partial charge >= 0.3 is 5.97 Å². The minimum Gasteiger partial charge on any atom is -0.460 e. The molecule has 0 aliphatic carbocycles. The number of halogens is 1. The quantitative estimate of drug-likeness (QED) is 0.319. The number of rotatable bonds is 7. The van der Waals surface area contributed by atoms with E-state index in [9.17, 15) is 9.59 Å². The lowest BCUT2D eigenvalue weighted by atomic mass is 9.66. The zero-order valence-electron chi connectivity index (χ0n) is 23.3. The van der Waals surface area contributed by atoms with Crippen molar-refractivity contribution in [3.05, 3.63) is 75.6 Å². The van der Waals surface area contributed by atoms with Gasteiger partial charge in [-0.05, 0) is 45.2 Å². The maximum atomic E-state index is 14.4. The van der Waals surface area contributed by atoms with E-state index in [1.807, 2.05) is 80.7 Å². The van der Waals surface area contributed by atoms with Gasteiger partial charge in [-0.25, -0.2) is 4.98 Å². The van der Waals surface area contributed by atoms with Crippen LogP contribution in [0.3, 0.4) is 0 Å². The van der Waals surface area contributed by atoms with Crippen molar-refractivity contribution >= 4 is 34.8 Å². The van der Waals surface area contributed by atoms with Crippen LogP contribution in [-0.2, 0) is 19.7 Å². The summed E-state index contributed by atoms with van der Waals surface area (Å²) < 4.78 is 5.80. The van der Waals surface area contributed by atoms with Crippen LogP contribution in [0.4, 0.5) is 0 Å². The Morgan fingerprint density at radius 2 is 1.85 bits per heavy atom. The number of carbonyl (C=O) groups is 2. The fraction of sp³-hybridized carbons (Fsp3) is 0.452. The summed E-state index contributed by atoms with van der Waals surface area (Å²) >= 11 is 7.90. The fourth-order valence-electron chi connectivity index (χ4n) is 5.40. The van der Waals surface area contributed by atoms with Crippen LogP contribution in [0, 0.1) is 0 Å². The molecule has 1 unspecified atom stereocenters. The fourth-order valence-corrected chi connectivity index (χ4v) is 6.70. The van der Waals surface area contributed by atoms with Crippen LogP contribution >= 0.6 is 22.9 Å². The highest BCUT2D eigenvalue weighted by Gasteiger charge is 2.53. The van der Waals surface area contributed by atoms with E-state index in [0.29, 0.717) is 28.7 Å². The molecule has 1 fully saturated rings. The lowest BCUT2D eigenvalue weighted by molar-refractivity contribution is -0.158. The van der Waals surface area contributed by atoms with Crippen LogP contribution in [0.2, 0.25) is 5.02 Å². The summed E-state index contributed by atoms with van der Waals surface area (Å²) in [4.78, 5) is 32.9. The Bertz CT molecular complexity index is 1290. The number of esters is 1. The third-order valence-corrected chi connectivity index (χ3v) is 8.31. The number of benzene rings is 2. The Balaban J connectivity index is 1.87. The third-order valence-electron chi connectivity index (χ3n) is 6.96. The van der Waals surface area contributed by atoms with Crippen molar-refractivity contribution in [1.82, 2.24) is 15.6 Å². The van der Waals surface area contributed by atoms with Crippen molar-refractivity contribution in [2.75, 3.05) is 6.54 Å². The molecule has 208 valence electrons. The first-order valence-electron chi connectivity index (χ1n) is 13.5. The molecule has 1 aliphatic rings. The van der Waals surface area contributed by atoms with Gasteiger partial charge in [-0.2, -0.15) is 0 Å². The first-order chi connectivity index (χ1) is 18.5. The van der Waals surface area contributed by atoms with Gasteiger partial charge in [0.1, 0.15) is 16.0 Å². The van der Waals surface area contributed by atoms with Gasteiger partial charge in [-0.3, -0.25) is 9.59 Å². The van der Waals surface area contributed by atoms with Crippen molar-refractivity contribution in [2.24, 2.45) is 0 Å². The van der Waals surface area contributed by atoms with Gasteiger partial charge in [0.05, 0.1) is 12.1 Å². The standard InChI is InChI=1S/C31H38ClN3O3S/c1-20(2)34-22-15-16-24(21-11-7-6-8-12-21)31(28(37)33-18-22,17-27(36)38-30(3,4)5)29-35-26(19-39-29)23-13-9-10-14-25(23)32/h6-14,19-20,22,24,34H,15-18H2,1-5H3,(H,33,37)/t22?,24-,31-/m0/s1. The van der Waals surface area contributed by atoms with Crippen LogP contribution in [0.1, 0.15) is 70.4 Å². The number of nitrogens with zero attached hydrogens (tertiary/aromatic N) is 1. The summed E-state index contributed by atoms with van der Waals surface area (Å²) in [7, 11) is 0. The van der Waals surface area contributed by atoms with Crippen LogP contribution in [0.25, 0.3) is 11.3 Å². The van der Waals surface area contributed by atoms with Crippen molar-refractivity contribution in [2.45, 2.75) is 82.9 Å². The number of hydrogen-bond donors (Lipinski definition) is 2. The summed E-state index contributed by atoms with van der Waals surface area (Å²) in [6, 6.07) is 17.9. The first kappa shape index (κ1) is 29.2. The summed E-state index contributed by atoms with van der Waals surface area (Å²) in [6.45, 7) is 10.2. The zero-order chi connectivity index (χ0) is 28.2. The molecule has 0 saturated carbocycles. The number of ether oxygens (including phenoxy) is 1. The normalized spacial score (nSPS) is 22.2. The highest BCUT2D eigenvalue weighted by molar-refractivity contribution is 7.10. The predicted octanol–water partition coefficient (Wildman–Crippen LogP) is 6.49. The molecule has 2 aromatic carbocycles. The largest absolute Gasteiger partial charge is 0.460 e. The van der Waals surface area contributed by atoms with Gasteiger partial charge in [0.25, 0.3) is 0 Å². The monoisotopic (exact) mass is 567 g/mol. The van der Waals surface area contributed by atoms with E-state index in [2.05, 4.69) is 24.5 Å². The summed E-state index contributed by atoms with van der Waals surface area (Å²) in [5.74, 6) is -0.934. The average Bonchev–Trinajstić information content (AvgIpc) is 3.35. The molecule has 2 N–H and O–H groups in total. The second kappa shape index (κ2) is 12.2. The van der Waals surface area contributed by atoms with E-state index in [1.165, 1.54) is 11.3 Å². The van der Waals surface area contributed by atoms with Crippen molar-refractivity contribution < 1.29 is 14.3 Å². The molecule has 0 radical (unpaired) electrons. The Hall–Kier alpha value is -2.74. The molecule has 8 heteroatoms. The van der Waals surface area contributed by atoms with Crippen LogP contribution in [-0.4, -0.2) is 41.1 Å². The number of amides is 1. The SMILES string of the molecule is CC(C)NC1CC[C@@H](c2ccccc2)[C@](CC(=O)OC(C)(C)C)(c2nc(-c3ccccc3Cl)cs2)C(=O)NC1. The van der Waals surface area contributed by atoms with Crippen molar-refractivity contribution in [3.8, 4) is 11.3 Å². The Kier molecular flexibility index (Phi) is 9.14. The van der Waals surface area contributed by atoms with Gasteiger partial charge < -0.3 is 15.4 Å². The number of thiazole rings is 1. The van der Waals surface area contributed by atoms with Gasteiger partial charge in [-0.1, -0.05) is 74.0 Å². The van der Waals surface area contributed by atoms with E-state index in [1.54, 1.807) is 0 Å². The molecule has 1 aliphatic heterocycles. The molecular weight excluding hydrogens is 530 g/mol. The summed E-state index contributed by atoms with van der Waals surface area (Å²) in [5.41, 5.74) is 0.534. The minimum absolute atomic E-state index is 0.118. The molecule has 1 aromatic heterocycles. The molecule has 3 aromatic rings. The summed E-state index contributed by atoms with van der Waals surface area (Å²) in [6.07, 6.45) is 1.41. The number of aromatic nitrogens is 1. The highest BCUT2D eigenvalue weighted by atomic mass is 35.5. The third kappa shape index (κ3) is 6.89. The Labute approximate surface area is 240 Å². The number of hydrogen-bond acceptors (Lipinski definition) is 6. The van der Waals surface area contributed by atoms with Crippen LogP contribution in [0.5, 0.6) is 0 Å². The molecule has 1 amide bonds. The minimum atomic E-state index is -1.25. The molecule has 6 nitrogen and oxygen atoms in total. The van der Waals surface area contributed by atoms with Crippen LogP contribution < -0.4 is 10.6 Å². The molecule has 39 heavy (non-hydrogen) atoms. The zero-order valence-corrected chi connectivity index (χ0v) is 24.9. The van der Waals surface area contributed by atoms with Crippen molar-refractivity contribution in [3.63, 3.8) is 0 Å². The van der Waals surface area contributed by atoms with Gasteiger partial charge in [-0.15, -0.1) is 11.3 Å². The van der Waals surface area contributed by atoms with E-state index in [4.69, 9.17) is 21.3 Å². The molecule has 2 heterocycles. The maximum absolute atomic E-state index is 14.4. The second-order valence-electron chi connectivity index (χ2n) is 11.5. The topological polar surface area (TPSA) is 80.3 Å². The number of nitrogens with one attached hydrogen (secondary N) is 2.